The Labute approximate surface area is 317 Å². The third-order valence-corrected chi connectivity index (χ3v) is 9.41. The first-order valence-corrected chi connectivity index (χ1v) is 18.2. The van der Waals surface area contributed by atoms with Gasteiger partial charge in [-0.05, 0) is 44.5 Å². The number of carbonyl (C=O) groups is 4. The molecule has 0 unspecified atom stereocenters. The van der Waals surface area contributed by atoms with E-state index in [1.165, 1.54) is 18.3 Å². The summed E-state index contributed by atoms with van der Waals surface area (Å²) in [5.41, 5.74) is 14.2. The van der Waals surface area contributed by atoms with Gasteiger partial charge in [0.25, 0.3) is 5.91 Å². The number of primary amides is 2. The molecule has 19 heteroatoms. The van der Waals surface area contributed by atoms with Crippen molar-refractivity contribution >= 4 is 62.3 Å². The lowest BCUT2D eigenvalue weighted by molar-refractivity contribution is 0.0965. The van der Waals surface area contributed by atoms with Crippen molar-refractivity contribution in [3.05, 3.63) is 87.3 Å². The van der Waals surface area contributed by atoms with Gasteiger partial charge in [-0.3, -0.25) is 33.7 Å². The predicted molar refractivity (Wildman–Crippen MR) is 202 cm³/mol. The molecule has 6 rings (SSSR count). The van der Waals surface area contributed by atoms with E-state index >= 15 is 0 Å². The molecular formula is C36H39N11O7S. The van der Waals surface area contributed by atoms with Gasteiger partial charge < -0.3 is 30.3 Å². The highest BCUT2D eigenvalue weighted by atomic mass is 32.1. The zero-order valence-corrected chi connectivity index (χ0v) is 31.3. The van der Waals surface area contributed by atoms with Crippen molar-refractivity contribution in [1.29, 1.82) is 0 Å². The first-order chi connectivity index (χ1) is 26.4. The lowest BCUT2D eigenvalue weighted by atomic mass is 10.2. The molecule has 55 heavy (non-hydrogen) atoms. The van der Waals surface area contributed by atoms with Crippen molar-refractivity contribution < 1.29 is 33.4 Å². The molecular weight excluding hydrogens is 731 g/mol. The molecule has 5 heterocycles. The number of amides is 4. The van der Waals surface area contributed by atoms with Gasteiger partial charge in [0.1, 0.15) is 22.5 Å². The van der Waals surface area contributed by atoms with Gasteiger partial charge in [-0.1, -0.05) is 30.4 Å². The number of hydrogen-bond acceptors (Lipinski definition) is 12. The van der Waals surface area contributed by atoms with Crippen LogP contribution in [0.25, 0.3) is 21.4 Å². The molecule has 0 aliphatic heterocycles. The fourth-order valence-electron chi connectivity index (χ4n) is 5.85. The van der Waals surface area contributed by atoms with E-state index in [9.17, 15) is 24.3 Å². The molecule has 0 radical (unpaired) electrons. The number of ether oxygens (including phenoxy) is 1. The van der Waals surface area contributed by atoms with E-state index in [4.69, 9.17) is 20.6 Å². The van der Waals surface area contributed by atoms with Crippen LogP contribution in [0, 0.1) is 13.8 Å². The van der Waals surface area contributed by atoms with E-state index in [1.807, 2.05) is 26.0 Å². The Kier molecular flexibility index (Phi) is 11.3. The van der Waals surface area contributed by atoms with Crippen LogP contribution in [0.4, 0.5) is 5.95 Å². The summed E-state index contributed by atoms with van der Waals surface area (Å²) in [5.74, 6) is -1.58. The summed E-state index contributed by atoms with van der Waals surface area (Å²) < 4.78 is 17.2. The lowest BCUT2D eigenvalue weighted by Crippen LogP contribution is -2.20. The number of rotatable bonds is 15. The molecule has 0 aliphatic carbocycles. The molecule has 286 valence electrons. The van der Waals surface area contributed by atoms with Crippen molar-refractivity contribution in [2.45, 2.75) is 60.2 Å². The highest BCUT2D eigenvalue weighted by Crippen LogP contribution is 2.30. The Morgan fingerprint density at radius 3 is 2.45 bits per heavy atom. The van der Waals surface area contributed by atoms with Gasteiger partial charge >= 0.3 is 5.91 Å². The quantitative estimate of drug-likeness (QED) is 0.0872. The smallest absolute Gasteiger partial charge is 0.317 e. The lowest BCUT2D eigenvalue weighted by Gasteiger charge is -2.11. The standard InChI is InChI=1S/C36H39N11O7S/c1-5-23-29(54-20(4)40-23)34(52)43-36-45(28-26(53-13-9-12-48)16-21(30(37)49)17-27(28)55-36)10-7-8-11-46-32-24(15-22(18-39-32)31(38)50)41-35(46)42-33(51)25-14-19(3)44-47(25)6-2/h7-8,14-18,48H,5-6,9-13H2,1-4H3,(H2,37,49)(H2,38,50)(H,41,42,51)/b8-7+,43-36-. The molecule has 0 atom stereocenters. The maximum atomic E-state index is 13.5. The number of thiazole rings is 1. The third-order valence-electron chi connectivity index (χ3n) is 8.39. The Hall–Kier alpha value is -6.47. The molecule has 5 aromatic heterocycles. The number of nitrogens with two attached hydrogens (primary N) is 2. The first-order valence-electron chi connectivity index (χ1n) is 17.3. The molecule has 6 aromatic rings. The molecule has 0 bridgehead atoms. The molecule has 4 amide bonds. The average molecular weight is 770 g/mol. The number of aliphatic hydroxyl groups is 1. The van der Waals surface area contributed by atoms with Gasteiger partial charge in [0.15, 0.2) is 16.3 Å². The number of oxazole rings is 1. The maximum absolute atomic E-state index is 13.5. The summed E-state index contributed by atoms with van der Waals surface area (Å²) >= 11 is 1.15. The summed E-state index contributed by atoms with van der Waals surface area (Å²) in [4.78, 5) is 69.1. The number of imidazole rings is 1. The van der Waals surface area contributed by atoms with Crippen LogP contribution in [0.2, 0.25) is 0 Å². The van der Waals surface area contributed by atoms with Crippen LogP contribution in [-0.2, 0) is 26.1 Å². The monoisotopic (exact) mass is 769 g/mol. The van der Waals surface area contributed by atoms with E-state index in [0.717, 1.165) is 11.3 Å². The zero-order chi connectivity index (χ0) is 39.4. The minimum absolute atomic E-state index is 0.0301. The van der Waals surface area contributed by atoms with E-state index in [-0.39, 0.29) is 53.9 Å². The Balaban J connectivity index is 1.41. The van der Waals surface area contributed by atoms with Gasteiger partial charge in [0.2, 0.25) is 23.5 Å². The normalized spacial score (nSPS) is 12.0. The van der Waals surface area contributed by atoms with Gasteiger partial charge in [0.05, 0.1) is 28.3 Å². The highest BCUT2D eigenvalue weighted by molar-refractivity contribution is 7.16. The number of pyridine rings is 1. The topological polar surface area (TPSA) is 254 Å². The number of nitrogens with zero attached hydrogens (tertiary/aromatic N) is 8. The third kappa shape index (κ3) is 8.06. The average Bonchev–Trinajstić information content (AvgIpc) is 3.92. The fourth-order valence-corrected chi connectivity index (χ4v) is 6.94. The van der Waals surface area contributed by atoms with Crippen LogP contribution in [0.1, 0.15) is 79.3 Å². The summed E-state index contributed by atoms with van der Waals surface area (Å²) in [7, 11) is 0. The van der Waals surface area contributed by atoms with E-state index in [0.29, 0.717) is 69.5 Å². The van der Waals surface area contributed by atoms with Gasteiger partial charge in [-0.2, -0.15) is 10.1 Å². The van der Waals surface area contributed by atoms with E-state index in [1.54, 1.807) is 39.8 Å². The second-order valence-corrected chi connectivity index (χ2v) is 13.3. The number of nitrogens with one attached hydrogen (secondary N) is 1. The van der Waals surface area contributed by atoms with Crippen LogP contribution >= 0.6 is 11.3 Å². The van der Waals surface area contributed by atoms with Crippen LogP contribution in [0.3, 0.4) is 0 Å². The number of anilines is 1. The minimum Gasteiger partial charge on any atom is -0.491 e. The van der Waals surface area contributed by atoms with Crippen LogP contribution in [0.15, 0.2) is 52.0 Å². The van der Waals surface area contributed by atoms with Crippen LogP contribution in [0.5, 0.6) is 5.75 Å². The van der Waals surface area contributed by atoms with Gasteiger partial charge in [-0.15, -0.1) is 0 Å². The number of allylic oxidation sites excluding steroid dienone is 2. The first kappa shape index (κ1) is 38.3. The molecule has 0 spiro atoms. The second kappa shape index (κ2) is 16.3. The summed E-state index contributed by atoms with van der Waals surface area (Å²) in [5, 5.41) is 16.6. The number of aliphatic hydroxyl groups excluding tert-OH is 1. The molecule has 0 fully saturated rings. The number of hydrogen-bond donors (Lipinski definition) is 4. The molecule has 0 aliphatic rings. The van der Waals surface area contributed by atoms with Crippen LogP contribution in [-0.4, -0.2) is 75.8 Å². The van der Waals surface area contributed by atoms with Crippen molar-refractivity contribution in [2.24, 2.45) is 16.5 Å². The Morgan fingerprint density at radius 1 is 1.02 bits per heavy atom. The van der Waals surface area contributed by atoms with Crippen molar-refractivity contribution in [3.63, 3.8) is 0 Å². The Bertz CT molecular complexity index is 2560. The predicted octanol–water partition coefficient (Wildman–Crippen LogP) is 3.04. The molecule has 0 saturated carbocycles. The maximum Gasteiger partial charge on any atom is 0.317 e. The molecule has 18 nitrogen and oxygen atoms in total. The van der Waals surface area contributed by atoms with Crippen molar-refractivity contribution in [1.82, 2.24) is 33.9 Å². The second-order valence-electron chi connectivity index (χ2n) is 12.3. The fraction of sp³-hybridized carbons (Fsp3) is 0.306. The Morgan fingerprint density at radius 2 is 1.76 bits per heavy atom. The van der Waals surface area contributed by atoms with E-state index < -0.39 is 23.6 Å². The van der Waals surface area contributed by atoms with Gasteiger partial charge in [0, 0.05) is 51.3 Å². The van der Waals surface area contributed by atoms with Gasteiger partial charge in [-0.25, -0.2) is 15.0 Å². The molecule has 1 aromatic carbocycles. The minimum atomic E-state index is -0.677. The summed E-state index contributed by atoms with van der Waals surface area (Å²) in [6.07, 6.45) is 5.75. The summed E-state index contributed by atoms with van der Waals surface area (Å²) in [6, 6.07) is 6.29. The van der Waals surface area contributed by atoms with Crippen molar-refractivity contribution in [3.8, 4) is 5.75 Å². The van der Waals surface area contributed by atoms with E-state index in [2.05, 4.69) is 30.4 Å². The van der Waals surface area contributed by atoms with Crippen LogP contribution < -0.4 is 26.3 Å². The number of aromatic nitrogens is 7. The SMILES string of the molecule is CCc1nc(C)oc1C(=O)/N=c1\sc2cc(C(N)=O)cc(OCCCO)c2n1C/C=C/Cn1c(NC(=O)c2cc(C)nn2CC)nc2cc(C(N)=O)cnc21. The number of aryl methyl sites for hydroxylation is 4. The number of benzene rings is 1. The largest absolute Gasteiger partial charge is 0.491 e. The summed E-state index contributed by atoms with van der Waals surface area (Å²) in [6.45, 7) is 8.01. The number of fused-ring (bicyclic) bond motifs is 2. The zero-order valence-electron chi connectivity index (χ0n) is 30.5. The highest BCUT2D eigenvalue weighted by Gasteiger charge is 2.22. The number of carbonyl (C=O) groups excluding carboxylic acids is 4. The molecule has 6 N–H and O–H groups in total. The molecule has 0 saturated heterocycles. The van der Waals surface area contributed by atoms with Crippen molar-refractivity contribution in [2.75, 3.05) is 18.5 Å².